The molecule has 1 heterocycles. The van der Waals surface area contributed by atoms with E-state index in [-0.39, 0.29) is 11.9 Å². The predicted octanol–water partition coefficient (Wildman–Crippen LogP) is 1.99. The van der Waals surface area contributed by atoms with Crippen molar-refractivity contribution in [3.63, 3.8) is 0 Å². The lowest BCUT2D eigenvalue weighted by Gasteiger charge is -2.03. The highest BCUT2D eigenvalue weighted by Gasteiger charge is 2.02. The number of aromatic nitrogens is 3. The van der Waals surface area contributed by atoms with Crippen LogP contribution in [0.25, 0.3) is 12.2 Å². The molecule has 1 aromatic carbocycles. The number of H-pyrrole nitrogens is 1. The molecular weight excluding hydrogens is 272 g/mol. The van der Waals surface area contributed by atoms with Crippen molar-refractivity contribution >= 4 is 18.3 Å². The molecule has 1 aromatic heterocycles. The molecule has 6 nitrogen and oxygen atoms in total. The van der Waals surface area contributed by atoms with Gasteiger partial charge in [0.25, 0.3) is 0 Å². The Labute approximate surface area is 112 Å². The second kappa shape index (κ2) is 8.28. The summed E-state index contributed by atoms with van der Waals surface area (Å²) in [6.07, 6.45) is 5.38. The Balaban J connectivity index is 0.000000612. The summed E-state index contributed by atoms with van der Waals surface area (Å²) in [6.45, 7) is -2.80. The Bertz CT molecular complexity index is 562. The number of benzene rings is 1. The first-order valence-corrected chi connectivity index (χ1v) is 5.23. The van der Waals surface area contributed by atoms with Crippen LogP contribution in [0.2, 0.25) is 0 Å². The smallest absolute Gasteiger partial charge is 0.387 e. The van der Waals surface area contributed by atoms with Gasteiger partial charge in [0.05, 0.1) is 6.20 Å². The van der Waals surface area contributed by atoms with Gasteiger partial charge in [0.15, 0.2) is 0 Å². The molecule has 2 aromatic rings. The summed E-state index contributed by atoms with van der Waals surface area (Å²) in [5.74, 6) is 0.138. The van der Waals surface area contributed by atoms with Crippen LogP contribution in [-0.4, -0.2) is 28.2 Å². The molecule has 0 saturated heterocycles. The zero-order chi connectivity index (χ0) is 14.8. The molecule has 0 spiro atoms. The van der Waals surface area contributed by atoms with Crippen molar-refractivity contribution < 1.29 is 23.1 Å². The Morgan fingerprint density at radius 2 is 1.85 bits per heavy atom. The topological polar surface area (TPSA) is 84.9 Å². The van der Waals surface area contributed by atoms with Gasteiger partial charge in [0, 0.05) is 0 Å². The van der Waals surface area contributed by atoms with E-state index in [4.69, 9.17) is 9.59 Å². The van der Waals surface area contributed by atoms with Crippen LogP contribution < -0.4 is 4.74 Å². The Hall–Kier alpha value is -2.86. The van der Waals surface area contributed by atoms with Gasteiger partial charge < -0.3 is 4.74 Å². The second-order valence-corrected chi connectivity index (χ2v) is 3.26. The highest BCUT2D eigenvalue weighted by atomic mass is 19.3. The van der Waals surface area contributed by atoms with Crippen LogP contribution in [0.3, 0.4) is 0 Å². The van der Waals surface area contributed by atoms with Crippen molar-refractivity contribution in [3.8, 4) is 5.75 Å². The fraction of sp³-hybridized carbons (Fsp3) is 0.0833. The van der Waals surface area contributed by atoms with E-state index < -0.39 is 6.61 Å². The molecule has 0 atom stereocenters. The van der Waals surface area contributed by atoms with Crippen molar-refractivity contribution in [1.82, 2.24) is 15.4 Å². The number of rotatable bonds is 4. The van der Waals surface area contributed by atoms with Crippen molar-refractivity contribution in [2.75, 3.05) is 0 Å². The van der Waals surface area contributed by atoms with Gasteiger partial charge in [0.1, 0.15) is 11.4 Å². The molecule has 0 aliphatic rings. The first-order chi connectivity index (χ1) is 9.65. The number of halogens is 2. The van der Waals surface area contributed by atoms with E-state index in [0.717, 1.165) is 5.56 Å². The third-order valence-corrected chi connectivity index (χ3v) is 1.99. The minimum absolute atomic E-state index is 0.138. The molecule has 20 heavy (non-hydrogen) atoms. The third kappa shape index (κ3) is 5.65. The minimum Gasteiger partial charge on any atom is -0.435 e. The molecule has 0 aliphatic carbocycles. The Morgan fingerprint density at radius 1 is 1.20 bits per heavy atom. The first kappa shape index (κ1) is 15.2. The van der Waals surface area contributed by atoms with Crippen molar-refractivity contribution in [2.24, 2.45) is 0 Å². The Kier molecular flexibility index (Phi) is 6.29. The predicted molar refractivity (Wildman–Crippen MR) is 63.4 cm³/mol. The maximum Gasteiger partial charge on any atom is 0.387 e. The second-order valence-electron chi connectivity index (χ2n) is 3.26. The zero-order valence-corrected chi connectivity index (χ0v) is 9.99. The summed E-state index contributed by atoms with van der Waals surface area (Å²) >= 11 is 0. The molecule has 104 valence electrons. The van der Waals surface area contributed by atoms with E-state index in [1.807, 2.05) is 0 Å². The average molecular weight is 281 g/mol. The van der Waals surface area contributed by atoms with Gasteiger partial charge in [-0.3, -0.25) is 0 Å². The molecule has 8 heteroatoms. The first-order valence-electron chi connectivity index (χ1n) is 5.23. The summed E-state index contributed by atoms with van der Waals surface area (Å²) in [5, 5.41) is 9.97. The fourth-order valence-corrected chi connectivity index (χ4v) is 1.23. The van der Waals surface area contributed by atoms with Crippen LogP contribution in [0.15, 0.2) is 30.5 Å². The highest BCUT2D eigenvalue weighted by Crippen LogP contribution is 2.16. The molecule has 0 aliphatic heterocycles. The average Bonchev–Trinajstić information content (AvgIpc) is 2.91. The molecule has 0 fully saturated rings. The summed E-state index contributed by atoms with van der Waals surface area (Å²) in [5.41, 5.74) is 1.55. The number of alkyl halides is 2. The molecule has 0 radical (unpaired) electrons. The number of ether oxygens (including phenoxy) is 1. The van der Waals surface area contributed by atoms with E-state index in [1.54, 1.807) is 30.5 Å². The molecule has 0 unspecified atom stereocenters. The van der Waals surface area contributed by atoms with Crippen LogP contribution >= 0.6 is 0 Å². The van der Waals surface area contributed by atoms with E-state index in [2.05, 4.69) is 20.1 Å². The van der Waals surface area contributed by atoms with Crippen LogP contribution in [0, 0.1) is 0 Å². The summed E-state index contributed by atoms with van der Waals surface area (Å²) < 4.78 is 28.0. The molecule has 0 saturated carbocycles. The van der Waals surface area contributed by atoms with Crippen LogP contribution in [0.4, 0.5) is 8.78 Å². The lowest BCUT2D eigenvalue weighted by molar-refractivity contribution is -0.191. The van der Waals surface area contributed by atoms with Gasteiger partial charge in [0.2, 0.25) is 0 Å². The summed E-state index contributed by atoms with van der Waals surface area (Å²) in [6, 6.07) is 6.31. The number of carbonyl (C=O) groups excluding carboxylic acids is 2. The summed E-state index contributed by atoms with van der Waals surface area (Å²) in [4.78, 5) is 16.2. The SMILES string of the molecule is FC(F)Oc1ccc(C=Cc2cn[nH]n2)cc1.O=C=O. The van der Waals surface area contributed by atoms with Crippen LogP contribution in [0.5, 0.6) is 5.75 Å². The summed E-state index contributed by atoms with van der Waals surface area (Å²) in [7, 11) is 0. The van der Waals surface area contributed by atoms with Gasteiger partial charge in [-0.1, -0.05) is 18.2 Å². The van der Waals surface area contributed by atoms with Crippen LogP contribution in [-0.2, 0) is 9.59 Å². The normalized spacial score (nSPS) is 9.95. The van der Waals surface area contributed by atoms with E-state index >= 15 is 0 Å². The Morgan fingerprint density at radius 3 is 2.35 bits per heavy atom. The van der Waals surface area contributed by atoms with E-state index in [9.17, 15) is 8.78 Å². The number of nitrogens with zero attached hydrogens (tertiary/aromatic N) is 2. The number of hydrogen-bond acceptors (Lipinski definition) is 5. The van der Waals surface area contributed by atoms with Gasteiger partial charge in [-0.05, 0) is 23.8 Å². The monoisotopic (exact) mass is 281 g/mol. The van der Waals surface area contributed by atoms with Gasteiger partial charge >= 0.3 is 12.8 Å². The van der Waals surface area contributed by atoms with Crippen molar-refractivity contribution in [2.45, 2.75) is 6.61 Å². The lowest BCUT2D eigenvalue weighted by Crippen LogP contribution is -2.01. The van der Waals surface area contributed by atoms with Gasteiger partial charge in [-0.15, -0.1) is 0 Å². The fourth-order valence-electron chi connectivity index (χ4n) is 1.23. The minimum atomic E-state index is -2.80. The van der Waals surface area contributed by atoms with E-state index in [1.165, 1.54) is 12.1 Å². The lowest BCUT2D eigenvalue weighted by atomic mass is 10.2. The maximum atomic E-state index is 11.9. The van der Waals surface area contributed by atoms with Gasteiger partial charge in [-0.25, -0.2) is 0 Å². The van der Waals surface area contributed by atoms with E-state index in [0.29, 0.717) is 5.69 Å². The standard InChI is InChI=1S/C11H9F2N3O.CO2/c12-11(13)17-10-5-2-8(3-6-10)1-4-9-7-14-16-15-9;2-1-3/h1-7,11H,(H,14,15,16);. The molecule has 1 N–H and O–H groups in total. The molecule has 2 rings (SSSR count). The highest BCUT2D eigenvalue weighted by molar-refractivity contribution is 5.67. The largest absolute Gasteiger partial charge is 0.435 e. The van der Waals surface area contributed by atoms with Crippen molar-refractivity contribution in [1.29, 1.82) is 0 Å². The van der Waals surface area contributed by atoms with Gasteiger partial charge in [-0.2, -0.15) is 33.8 Å². The third-order valence-electron chi connectivity index (χ3n) is 1.99. The van der Waals surface area contributed by atoms with Crippen molar-refractivity contribution in [3.05, 3.63) is 41.7 Å². The number of aromatic amines is 1. The quantitative estimate of drug-likeness (QED) is 0.926. The zero-order valence-electron chi connectivity index (χ0n) is 9.99. The molecule has 0 amide bonds. The molecule has 0 bridgehead atoms. The number of hydrogen-bond donors (Lipinski definition) is 1. The molecular formula is C12H9F2N3O3. The maximum absolute atomic E-state index is 11.9. The van der Waals surface area contributed by atoms with Crippen LogP contribution in [0.1, 0.15) is 11.3 Å². The number of nitrogens with one attached hydrogen (secondary N) is 1.